The first-order valence-corrected chi connectivity index (χ1v) is 7.55. The molecule has 0 amide bonds. The van der Waals surface area contributed by atoms with E-state index in [1.165, 1.54) is 11.5 Å². The summed E-state index contributed by atoms with van der Waals surface area (Å²) in [6.45, 7) is 8.92. The van der Waals surface area contributed by atoms with Crippen LogP contribution in [0, 0.1) is 0 Å². The van der Waals surface area contributed by atoms with Gasteiger partial charge in [0.1, 0.15) is 6.10 Å². The summed E-state index contributed by atoms with van der Waals surface area (Å²) in [6.07, 6.45) is -0.201. The van der Waals surface area contributed by atoms with Crippen LogP contribution in [0.25, 0.3) is 0 Å². The fraction of sp³-hybridized carbons (Fsp3) is 0.467. The highest BCUT2D eigenvalue weighted by molar-refractivity contribution is 7.09. The zero-order valence-electron chi connectivity index (χ0n) is 12.4. The van der Waals surface area contributed by atoms with Crippen LogP contribution >= 0.6 is 11.5 Å². The Balaban J connectivity index is 2.22. The molecule has 20 heavy (non-hydrogen) atoms. The van der Waals surface area contributed by atoms with Gasteiger partial charge in [-0.2, -0.15) is 4.37 Å². The van der Waals surface area contributed by atoms with Crippen LogP contribution in [-0.2, 0) is 4.74 Å². The molecule has 0 fully saturated rings. The topological polar surface area (TPSA) is 47.0 Å². The Morgan fingerprint density at radius 1 is 1.25 bits per heavy atom. The van der Waals surface area contributed by atoms with Gasteiger partial charge in [0.25, 0.3) is 0 Å². The largest absolute Gasteiger partial charge is 0.366 e. The first-order valence-electron chi connectivity index (χ1n) is 6.78. The third-order valence-corrected chi connectivity index (χ3v) is 3.24. The number of aromatic nitrogens is 2. The molecule has 1 aromatic heterocycles. The number of rotatable bonds is 5. The summed E-state index contributed by atoms with van der Waals surface area (Å²) in [5.74, 6) is 0.717. The number of nitrogens with one attached hydrogen (secondary N) is 1. The van der Waals surface area contributed by atoms with E-state index in [0.29, 0.717) is 6.61 Å². The minimum Gasteiger partial charge on any atom is -0.366 e. The van der Waals surface area contributed by atoms with Crippen molar-refractivity contribution in [3.63, 3.8) is 0 Å². The predicted octanol–water partition coefficient (Wildman–Crippen LogP) is 3.87. The number of anilines is 1. The van der Waals surface area contributed by atoms with Crippen molar-refractivity contribution in [1.29, 1.82) is 0 Å². The molecule has 1 aromatic carbocycles. The number of ether oxygens (including phenoxy) is 1. The van der Waals surface area contributed by atoms with Crippen LogP contribution in [0.4, 0.5) is 5.13 Å². The monoisotopic (exact) mass is 291 g/mol. The Labute approximate surface area is 124 Å². The highest BCUT2D eigenvalue weighted by Crippen LogP contribution is 2.27. The lowest BCUT2D eigenvalue weighted by Gasteiger charge is -2.19. The van der Waals surface area contributed by atoms with Crippen molar-refractivity contribution in [3.8, 4) is 0 Å². The van der Waals surface area contributed by atoms with Gasteiger partial charge < -0.3 is 10.1 Å². The van der Waals surface area contributed by atoms with Crippen LogP contribution in [-0.4, -0.2) is 21.5 Å². The molecule has 2 rings (SSSR count). The molecule has 1 heterocycles. The van der Waals surface area contributed by atoms with Crippen molar-refractivity contribution in [2.45, 2.75) is 39.3 Å². The van der Waals surface area contributed by atoms with Crippen molar-refractivity contribution in [2.24, 2.45) is 0 Å². The van der Waals surface area contributed by atoms with Crippen molar-refractivity contribution in [1.82, 2.24) is 9.36 Å². The van der Waals surface area contributed by atoms with Gasteiger partial charge in [0.2, 0.25) is 5.13 Å². The van der Waals surface area contributed by atoms with Gasteiger partial charge in [-0.15, -0.1) is 0 Å². The molecular weight excluding hydrogens is 270 g/mol. The van der Waals surface area contributed by atoms with Crippen LogP contribution in [0.5, 0.6) is 0 Å². The minimum atomic E-state index is -0.201. The molecule has 0 aliphatic rings. The average Bonchev–Trinajstić information content (AvgIpc) is 2.83. The van der Waals surface area contributed by atoms with Gasteiger partial charge in [0.15, 0.2) is 5.82 Å². The van der Waals surface area contributed by atoms with Crippen LogP contribution in [0.2, 0.25) is 0 Å². The van der Waals surface area contributed by atoms with E-state index in [2.05, 4.69) is 35.4 Å². The molecule has 0 radical (unpaired) electrons. The summed E-state index contributed by atoms with van der Waals surface area (Å²) in [6, 6.07) is 10.1. The summed E-state index contributed by atoms with van der Waals surface area (Å²) in [4.78, 5) is 4.56. The number of benzene rings is 1. The maximum Gasteiger partial charge on any atom is 0.203 e. The van der Waals surface area contributed by atoms with Crippen LogP contribution in [0.1, 0.15) is 45.2 Å². The molecule has 0 bridgehead atoms. The van der Waals surface area contributed by atoms with Crippen LogP contribution in [0.15, 0.2) is 30.3 Å². The van der Waals surface area contributed by atoms with E-state index in [1.54, 1.807) is 0 Å². The van der Waals surface area contributed by atoms with Gasteiger partial charge in [0.05, 0.1) is 0 Å². The summed E-state index contributed by atoms with van der Waals surface area (Å²) < 4.78 is 10.3. The Kier molecular flexibility index (Phi) is 4.73. The predicted molar refractivity (Wildman–Crippen MR) is 83.2 cm³/mol. The summed E-state index contributed by atoms with van der Waals surface area (Å²) in [7, 11) is 0. The van der Waals surface area contributed by atoms with Gasteiger partial charge in [-0.05, 0) is 33.3 Å². The number of nitrogens with zero attached hydrogens (tertiary/aromatic N) is 2. The first kappa shape index (κ1) is 14.9. The Morgan fingerprint density at radius 2 is 1.95 bits per heavy atom. The van der Waals surface area contributed by atoms with Crippen molar-refractivity contribution < 1.29 is 4.74 Å². The lowest BCUT2D eigenvalue weighted by Crippen LogP contribution is -2.25. The van der Waals surface area contributed by atoms with Gasteiger partial charge >= 0.3 is 0 Å². The summed E-state index contributed by atoms with van der Waals surface area (Å²) >= 11 is 1.37. The van der Waals surface area contributed by atoms with Gasteiger partial charge in [-0.1, -0.05) is 30.3 Å². The van der Waals surface area contributed by atoms with E-state index in [1.807, 2.05) is 37.3 Å². The molecule has 4 nitrogen and oxygen atoms in total. The zero-order chi connectivity index (χ0) is 14.6. The smallest absolute Gasteiger partial charge is 0.203 e. The van der Waals surface area contributed by atoms with E-state index < -0.39 is 0 Å². The molecule has 1 atom stereocenters. The average molecular weight is 291 g/mol. The second-order valence-electron chi connectivity index (χ2n) is 5.58. The highest BCUT2D eigenvalue weighted by atomic mass is 32.1. The Bertz CT molecular complexity index is 534. The maximum atomic E-state index is 5.81. The molecule has 0 saturated heterocycles. The standard InChI is InChI=1S/C15H21N3OS/c1-5-19-12(11-9-7-6-8-10-11)13-16-14(20-18-13)17-15(2,3)4/h6-10,12H,5H2,1-4H3,(H,16,17,18). The fourth-order valence-electron chi connectivity index (χ4n) is 1.83. The molecule has 5 heteroatoms. The minimum absolute atomic E-state index is 0.0232. The van der Waals surface area contributed by atoms with Gasteiger partial charge in [-0.25, -0.2) is 4.98 Å². The zero-order valence-corrected chi connectivity index (χ0v) is 13.2. The van der Waals surface area contributed by atoms with E-state index >= 15 is 0 Å². The van der Waals surface area contributed by atoms with E-state index in [-0.39, 0.29) is 11.6 Å². The molecular formula is C15H21N3OS. The molecule has 108 valence electrons. The Hall–Kier alpha value is -1.46. The van der Waals surface area contributed by atoms with E-state index in [9.17, 15) is 0 Å². The van der Waals surface area contributed by atoms with E-state index in [4.69, 9.17) is 4.74 Å². The molecule has 0 aliphatic carbocycles. The third-order valence-electron chi connectivity index (χ3n) is 2.59. The number of hydrogen-bond donors (Lipinski definition) is 1. The second kappa shape index (κ2) is 6.33. The summed E-state index contributed by atoms with van der Waals surface area (Å²) in [5, 5.41) is 4.17. The lowest BCUT2D eigenvalue weighted by molar-refractivity contribution is 0.0860. The molecule has 2 aromatic rings. The van der Waals surface area contributed by atoms with Gasteiger partial charge in [-0.3, -0.25) is 0 Å². The second-order valence-corrected chi connectivity index (χ2v) is 6.33. The highest BCUT2D eigenvalue weighted by Gasteiger charge is 2.20. The molecule has 0 saturated carbocycles. The fourth-order valence-corrected chi connectivity index (χ4v) is 2.63. The van der Waals surface area contributed by atoms with Crippen molar-refractivity contribution >= 4 is 16.7 Å². The van der Waals surface area contributed by atoms with Gasteiger partial charge in [0, 0.05) is 23.7 Å². The third kappa shape index (κ3) is 4.02. The summed E-state index contributed by atoms with van der Waals surface area (Å²) in [5.41, 5.74) is 1.06. The quantitative estimate of drug-likeness (QED) is 0.908. The number of hydrogen-bond acceptors (Lipinski definition) is 5. The van der Waals surface area contributed by atoms with Crippen LogP contribution < -0.4 is 5.32 Å². The van der Waals surface area contributed by atoms with Crippen molar-refractivity contribution in [3.05, 3.63) is 41.7 Å². The van der Waals surface area contributed by atoms with Crippen LogP contribution in [0.3, 0.4) is 0 Å². The maximum absolute atomic E-state index is 5.81. The van der Waals surface area contributed by atoms with E-state index in [0.717, 1.165) is 16.5 Å². The SMILES string of the molecule is CCOC(c1ccccc1)c1nsc(NC(C)(C)C)n1. The molecule has 0 aliphatic heterocycles. The molecule has 1 N–H and O–H groups in total. The molecule has 0 spiro atoms. The lowest BCUT2D eigenvalue weighted by atomic mass is 10.1. The first-order chi connectivity index (χ1) is 9.49. The molecule has 1 unspecified atom stereocenters. The normalized spacial score (nSPS) is 13.2. The Morgan fingerprint density at radius 3 is 2.55 bits per heavy atom. The van der Waals surface area contributed by atoms with Crippen molar-refractivity contribution in [2.75, 3.05) is 11.9 Å².